The van der Waals surface area contributed by atoms with Crippen LogP contribution < -0.4 is 0 Å². The van der Waals surface area contributed by atoms with E-state index in [0.717, 1.165) is 10.8 Å². The van der Waals surface area contributed by atoms with Gasteiger partial charge in [-0.25, -0.2) is 0 Å². The molecule has 0 aliphatic rings. The minimum Gasteiger partial charge on any atom is -0.143 e. The first kappa shape index (κ1) is 18.6. The topological polar surface area (TPSA) is 0 Å². The third kappa shape index (κ3) is 7.95. The molecule has 0 saturated carbocycles. The second kappa shape index (κ2) is 11.2. The molecule has 0 N–H and O–H groups in total. The molecule has 0 bridgehead atoms. The first-order valence-corrected chi connectivity index (χ1v) is 9.41. The van der Waals surface area contributed by atoms with Crippen LogP contribution in [0.5, 0.6) is 0 Å². The number of rotatable bonds is 11. The second-order valence-electron chi connectivity index (χ2n) is 6.57. The number of thiol groups is 1. The summed E-state index contributed by atoms with van der Waals surface area (Å²) in [4.78, 5) is 1.06. The normalized spacial score (nSPS) is 14.1. The largest absolute Gasteiger partial charge is 0.143 e. The van der Waals surface area contributed by atoms with Gasteiger partial charge in [0.05, 0.1) is 0 Å². The van der Waals surface area contributed by atoms with Gasteiger partial charge in [-0.2, -0.15) is 0 Å². The average molecular weight is 307 g/mol. The van der Waals surface area contributed by atoms with Crippen molar-refractivity contribution in [3.8, 4) is 0 Å². The Morgan fingerprint density at radius 3 is 2.05 bits per heavy atom. The molecule has 2 atom stereocenters. The lowest BCUT2D eigenvalue weighted by molar-refractivity contribution is 0.382. The lowest BCUT2D eigenvalue weighted by atomic mass is 9.89. The maximum atomic E-state index is 4.36. The van der Waals surface area contributed by atoms with Crippen LogP contribution in [0.3, 0.4) is 0 Å². The molecule has 0 aliphatic carbocycles. The van der Waals surface area contributed by atoms with Gasteiger partial charge in [0.1, 0.15) is 0 Å². The minimum absolute atomic E-state index is 0.680. The van der Waals surface area contributed by atoms with E-state index in [1.165, 1.54) is 63.4 Å². The number of hydrogen-bond acceptors (Lipinski definition) is 1. The first-order chi connectivity index (χ1) is 10.2. The zero-order valence-corrected chi connectivity index (χ0v) is 15.2. The maximum Gasteiger partial charge on any atom is 0.00401 e. The molecule has 0 fully saturated rings. The van der Waals surface area contributed by atoms with Gasteiger partial charge in [0.25, 0.3) is 0 Å². The Balaban J connectivity index is 2.23. The van der Waals surface area contributed by atoms with Gasteiger partial charge in [-0.05, 0) is 36.0 Å². The lowest BCUT2D eigenvalue weighted by Gasteiger charge is -2.17. The lowest BCUT2D eigenvalue weighted by Crippen LogP contribution is -2.01. The summed E-state index contributed by atoms with van der Waals surface area (Å²) in [6.07, 6.45) is 12.5. The zero-order chi connectivity index (χ0) is 15.5. The highest BCUT2D eigenvalue weighted by molar-refractivity contribution is 7.80. The fourth-order valence-corrected chi connectivity index (χ4v) is 3.34. The predicted octanol–water partition coefficient (Wildman–Crippen LogP) is 7.25. The van der Waals surface area contributed by atoms with Gasteiger partial charge in [-0.15, -0.1) is 12.6 Å². The predicted molar refractivity (Wildman–Crippen MR) is 98.5 cm³/mol. The average Bonchev–Trinajstić information content (AvgIpc) is 2.49. The van der Waals surface area contributed by atoms with Gasteiger partial charge in [-0.3, -0.25) is 0 Å². The Kier molecular flexibility index (Phi) is 9.91. The third-order valence-electron chi connectivity index (χ3n) is 4.62. The summed E-state index contributed by atoms with van der Waals surface area (Å²) < 4.78 is 0. The Morgan fingerprint density at radius 1 is 0.810 bits per heavy atom. The summed E-state index contributed by atoms with van der Waals surface area (Å²) >= 11 is 4.36. The van der Waals surface area contributed by atoms with E-state index in [0.29, 0.717) is 5.92 Å². The van der Waals surface area contributed by atoms with Crippen molar-refractivity contribution in [2.45, 2.75) is 89.4 Å². The van der Waals surface area contributed by atoms with Crippen LogP contribution in [0.2, 0.25) is 0 Å². The monoisotopic (exact) mass is 306 g/mol. The Morgan fingerprint density at radius 2 is 1.43 bits per heavy atom. The maximum absolute atomic E-state index is 4.36. The van der Waals surface area contributed by atoms with E-state index < -0.39 is 0 Å². The van der Waals surface area contributed by atoms with Crippen molar-refractivity contribution in [1.82, 2.24) is 0 Å². The Labute approximate surface area is 138 Å². The van der Waals surface area contributed by atoms with Crippen LogP contribution in [-0.2, 0) is 0 Å². The van der Waals surface area contributed by atoms with Gasteiger partial charge in [0, 0.05) is 4.90 Å². The molecule has 0 aromatic heterocycles. The van der Waals surface area contributed by atoms with Crippen LogP contribution in [0.4, 0.5) is 0 Å². The molecule has 0 aliphatic heterocycles. The Bertz CT molecular complexity index is 355. The van der Waals surface area contributed by atoms with Crippen LogP contribution >= 0.6 is 12.6 Å². The molecule has 21 heavy (non-hydrogen) atoms. The number of hydrogen-bond donors (Lipinski definition) is 1. The number of benzene rings is 1. The molecule has 0 nitrogen and oxygen atoms in total. The van der Waals surface area contributed by atoms with E-state index in [1.54, 1.807) is 0 Å². The quantitative estimate of drug-likeness (QED) is 0.323. The van der Waals surface area contributed by atoms with Crippen molar-refractivity contribution in [1.29, 1.82) is 0 Å². The summed E-state index contributed by atoms with van der Waals surface area (Å²) in [5.41, 5.74) is 1.46. The van der Waals surface area contributed by atoms with E-state index in [4.69, 9.17) is 0 Å². The van der Waals surface area contributed by atoms with E-state index in [1.807, 2.05) is 0 Å². The molecule has 0 spiro atoms. The van der Waals surface area contributed by atoms with Crippen molar-refractivity contribution in [3.05, 3.63) is 29.8 Å². The summed E-state index contributed by atoms with van der Waals surface area (Å²) in [6, 6.07) is 8.68. The van der Waals surface area contributed by atoms with Crippen molar-refractivity contribution < 1.29 is 0 Å². The van der Waals surface area contributed by atoms with Gasteiger partial charge in [0.2, 0.25) is 0 Å². The van der Waals surface area contributed by atoms with Crippen LogP contribution in [0.1, 0.15) is 90.0 Å². The van der Waals surface area contributed by atoms with Gasteiger partial charge in [-0.1, -0.05) is 84.3 Å². The highest BCUT2D eigenvalue weighted by atomic mass is 32.1. The molecule has 1 aromatic rings. The highest BCUT2D eigenvalue weighted by Crippen LogP contribution is 2.26. The first-order valence-electron chi connectivity index (χ1n) is 8.96. The number of unbranched alkanes of at least 4 members (excludes halogenated alkanes) is 2. The van der Waals surface area contributed by atoms with E-state index >= 15 is 0 Å². The molecule has 120 valence electrons. The van der Waals surface area contributed by atoms with E-state index in [2.05, 4.69) is 57.7 Å². The van der Waals surface area contributed by atoms with Crippen molar-refractivity contribution in [2.75, 3.05) is 0 Å². The molecule has 0 radical (unpaired) electrons. The van der Waals surface area contributed by atoms with Crippen molar-refractivity contribution in [3.63, 3.8) is 0 Å². The van der Waals surface area contributed by atoms with Crippen LogP contribution in [-0.4, -0.2) is 0 Å². The highest BCUT2D eigenvalue weighted by Gasteiger charge is 2.09. The molecule has 0 amide bonds. The summed E-state index contributed by atoms with van der Waals surface area (Å²) in [6.45, 7) is 6.99. The minimum atomic E-state index is 0.680. The fraction of sp³-hybridized carbons (Fsp3) is 0.700. The molecule has 2 unspecified atom stereocenters. The molecular formula is C20H34S. The smallest absolute Gasteiger partial charge is 0.00401 e. The van der Waals surface area contributed by atoms with Crippen LogP contribution in [0, 0.1) is 5.92 Å². The summed E-state index contributed by atoms with van der Waals surface area (Å²) in [5.74, 6) is 1.66. The van der Waals surface area contributed by atoms with Crippen molar-refractivity contribution >= 4 is 12.6 Å². The van der Waals surface area contributed by atoms with Crippen molar-refractivity contribution in [2.24, 2.45) is 5.92 Å². The van der Waals surface area contributed by atoms with Crippen LogP contribution in [0.25, 0.3) is 0 Å². The fourth-order valence-electron chi connectivity index (χ4n) is 3.19. The molecule has 0 saturated heterocycles. The summed E-state index contributed by atoms with van der Waals surface area (Å²) in [5, 5.41) is 0. The SMILES string of the molecule is CCCCC(CCC)CCCCC(C)c1ccc(S)cc1. The molecule has 1 heteroatoms. The molecule has 1 rings (SSSR count). The second-order valence-corrected chi connectivity index (χ2v) is 7.09. The molecule has 0 heterocycles. The zero-order valence-electron chi connectivity index (χ0n) is 14.3. The third-order valence-corrected chi connectivity index (χ3v) is 4.92. The van der Waals surface area contributed by atoms with Crippen LogP contribution in [0.15, 0.2) is 29.2 Å². The molecular weight excluding hydrogens is 272 g/mol. The van der Waals surface area contributed by atoms with Gasteiger partial charge < -0.3 is 0 Å². The van der Waals surface area contributed by atoms with E-state index in [-0.39, 0.29) is 0 Å². The molecule has 1 aromatic carbocycles. The van der Waals surface area contributed by atoms with Gasteiger partial charge >= 0.3 is 0 Å². The van der Waals surface area contributed by atoms with E-state index in [9.17, 15) is 0 Å². The summed E-state index contributed by atoms with van der Waals surface area (Å²) in [7, 11) is 0. The van der Waals surface area contributed by atoms with Gasteiger partial charge in [0.15, 0.2) is 0 Å². The standard InChI is InChI=1S/C20H34S/c1-4-6-11-18(9-5-2)12-8-7-10-17(3)19-13-15-20(21)16-14-19/h13-18,21H,4-12H2,1-3H3. The Hall–Kier alpha value is -0.430.